The molecule has 0 spiro atoms. The van der Waals surface area contributed by atoms with Crippen LogP contribution in [0.25, 0.3) is 11.5 Å². The number of allylic oxidation sites excluding steroid dienone is 1. The number of nitrogens with two attached hydrogens (primary N) is 2. The smallest absolute Gasteiger partial charge is 0.253 e. The van der Waals surface area contributed by atoms with Crippen LogP contribution in [0, 0.1) is 5.82 Å². The van der Waals surface area contributed by atoms with Gasteiger partial charge in [0.15, 0.2) is 0 Å². The second kappa shape index (κ2) is 9.80. The maximum atomic E-state index is 13.3. The van der Waals surface area contributed by atoms with E-state index in [9.17, 15) is 9.18 Å². The number of hydrogen-bond acceptors (Lipinski definition) is 7. The van der Waals surface area contributed by atoms with Crippen LogP contribution in [0.3, 0.4) is 0 Å². The van der Waals surface area contributed by atoms with Gasteiger partial charge in [0.25, 0.3) is 5.91 Å². The van der Waals surface area contributed by atoms with Crippen LogP contribution in [-0.4, -0.2) is 39.7 Å². The summed E-state index contributed by atoms with van der Waals surface area (Å²) >= 11 is 0. The second-order valence-electron chi connectivity index (χ2n) is 7.81. The molecule has 0 aliphatic carbocycles. The van der Waals surface area contributed by atoms with Gasteiger partial charge in [0.2, 0.25) is 0 Å². The summed E-state index contributed by atoms with van der Waals surface area (Å²) in [7, 11) is 0. The van der Waals surface area contributed by atoms with Gasteiger partial charge in [-0.2, -0.15) is 0 Å². The largest absolute Gasteiger partial charge is 0.400 e. The minimum Gasteiger partial charge on any atom is -0.400 e. The molecule has 1 fully saturated rings. The molecule has 2 aromatic heterocycles. The van der Waals surface area contributed by atoms with Gasteiger partial charge >= 0.3 is 0 Å². The predicted octanol–water partition coefficient (Wildman–Crippen LogP) is 2.34. The van der Waals surface area contributed by atoms with Crippen molar-refractivity contribution in [2.24, 2.45) is 11.6 Å². The number of ether oxygens (including phenoxy) is 1. The monoisotopic (exact) mass is 451 g/mol. The zero-order valence-electron chi connectivity index (χ0n) is 18.2. The standard InChI is InChI=1S/C23H26FN7O2/c1-15(25)22(31(26)19-5-3-17(24)4-6-19)20-13-30(14-28-20)21-7-2-16(12-27-21)23(32)29-18-8-10-33-11-9-18/h2-7,12-14,18H,8-11,25-26H2,1H3,(H,29,32)/b22-15-. The van der Waals surface area contributed by atoms with Crippen LogP contribution >= 0.6 is 0 Å². The van der Waals surface area contributed by atoms with E-state index in [-0.39, 0.29) is 17.8 Å². The maximum Gasteiger partial charge on any atom is 0.253 e. The van der Waals surface area contributed by atoms with E-state index >= 15 is 0 Å². The van der Waals surface area contributed by atoms with Crippen LogP contribution in [0.2, 0.25) is 0 Å². The number of carbonyl (C=O) groups excluding carboxylic acids is 1. The first-order chi connectivity index (χ1) is 15.9. The first-order valence-corrected chi connectivity index (χ1v) is 10.6. The number of hydrogen-bond donors (Lipinski definition) is 3. The third kappa shape index (κ3) is 5.18. The summed E-state index contributed by atoms with van der Waals surface area (Å²) < 4.78 is 20.3. The molecule has 1 saturated heterocycles. The number of benzene rings is 1. The van der Waals surface area contributed by atoms with Crippen LogP contribution in [-0.2, 0) is 4.74 Å². The highest BCUT2D eigenvalue weighted by Gasteiger charge is 2.18. The predicted molar refractivity (Wildman–Crippen MR) is 123 cm³/mol. The van der Waals surface area contributed by atoms with Crippen LogP contribution in [0.1, 0.15) is 35.8 Å². The van der Waals surface area contributed by atoms with E-state index < -0.39 is 0 Å². The Morgan fingerprint density at radius 3 is 2.55 bits per heavy atom. The number of aromatic nitrogens is 3. The summed E-state index contributed by atoms with van der Waals surface area (Å²) in [6.07, 6.45) is 6.46. The van der Waals surface area contributed by atoms with Gasteiger partial charge in [0.1, 0.15) is 29.4 Å². The van der Waals surface area contributed by atoms with Gasteiger partial charge in [-0.05, 0) is 56.2 Å². The van der Waals surface area contributed by atoms with Crippen LogP contribution in [0.15, 0.2) is 60.8 Å². The number of imidazole rings is 1. The molecule has 3 aromatic rings. The molecule has 0 unspecified atom stereocenters. The number of hydrazine groups is 1. The minimum atomic E-state index is -0.359. The van der Waals surface area contributed by atoms with E-state index in [2.05, 4.69) is 15.3 Å². The van der Waals surface area contributed by atoms with Gasteiger partial charge in [-0.1, -0.05) is 0 Å². The lowest BCUT2D eigenvalue weighted by Gasteiger charge is -2.23. The average molecular weight is 452 g/mol. The van der Waals surface area contributed by atoms with Gasteiger partial charge < -0.3 is 15.8 Å². The molecule has 1 aliphatic heterocycles. The Labute approximate surface area is 190 Å². The lowest BCUT2D eigenvalue weighted by Crippen LogP contribution is -2.38. The molecule has 0 saturated carbocycles. The van der Waals surface area contributed by atoms with Crippen molar-refractivity contribution in [1.29, 1.82) is 0 Å². The quantitative estimate of drug-likeness (QED) is 0.388. The first kappa shape index (κ1) is 22.4. The Bertz CT molecular complexity index is 1130. The molecule has 3 heterocycles. The van der Waals surface area contributed by atoms with Crippen molar-refractivity contribution in [3.63, 3.8) is 0 Å². The van der Waals surface area contributed by atoms with E-state index in [1.54, 1.807) is 48.3 Å². The number of rotatable bonds is 6. The summed E-state index contributed by atoms with van der Waals surface area (Å²) in [5.41, 5.74) is 8.56. The average Bonchev–Trinajstić information content (AvgIpc) is 3.29. The Morgan fingerprint density at radius 1 is 1.18 bits per heavy atom. The zero-order valence-corrected chi connectivity index (χ0v) is 18.2. The fourth-order valence-electron chi connectivity index (χ4n) is 3.60. The van der Waals surface area contributed by atoms with Gasteiger partial charge in [-0.25, -0.2) is 20.2 Å². The highest BCUT2D eigenvalue weighted by atomic mass is 19.1. The molecule has 1 aliphatic rings. The SMILES string of the molecule is C/C(N)=C(\c1cn(-c2ccc(C(=O)NC3CCOCC3)cn2)cn1)N(N)c1ccc(F)cc1. The summed E-state index contributed by atoms with van der Waals surface area (Å²) in [6, 6.07) is 9.33. The van der Waals surface area contributed by atoms with E-state index in [1.807, 2.05) is 0 Å². The van der Waals surface area contributed by atoms with Crippen molar-refractivity contribution in [3.8, 4) is 5.82 Å². The van der Waals surface area contributed by atoms with Crippen LogP contribution in [0.5, 0.6) is 0 Å². The topological polar surface area (TPSA) is 124 Å². The van der Waals surface area contributed by atoms with E-state index in [4.69, 9.17) is 16.3 Å². The number of carbonyl (C=O) groups is 1. The van der Waals surface area contributed by atoms with Crippen LogP contribution < -0.4 is 21.9 Å². The second-order valence-corrected chi connectivity index (χ2v) is 7.81. The molecule has 0 radical (unpaired) electrons. The summed E-state index contributed by atoms with van der Waals surface area (Å²) in [4.78, 5) is 21.3. The molecule has 10 heteroatoms. The Hall–Kier alpha value is -3.76. The Kier molecular flexibility index (Phi) is 6.66. The van der Waals surface area contributed by atoms with E-state index in [1.165, 1.54) is 23.3 Å². The number of nitrogens with zero attached hydrogens (tertiary/aromatic N) is 4. The number of halogens is 1. The fourth-order valence-corrected chi connectivity index (χ4v) is 3.60. The van der Waals surface area contributed by atoms with Crippen molar-refractivity contribution in [3.05, 3.63) is 77.9 Å². The third-order valence-corrected chi connectivity index (χ3v) is 5.38. The number of amides is 1. The Morgan fingerprint density at radius 2 is 1.91 bits per heavy atom. The number of pyridine rings is 1. The summed E-state index contributed by atoms with van der Waals surface area (Å²) in [6.45, 7) is 3.03. The molecule has 0 atom stereocenters. The molecular weight excluding hydrogens is 425 g/mol. The lowest BCUT2D eigenvalue weighted by molar-refractivity contribution is 0.0696. The van der Waals surface area contributed by atoms with Crippen molar-refractivity contribution in [2.45, 2.75) is 25.8 Å². The lowest BCUT2D eigenvalue weighted by atomic mass is 10.1. The molecule has 33 heavy (non-hydrogen) atoms. The van der Waals surface area contributed by atoms with Gasteiger partial charge in [-0.15, -0.1) is 0 Å². The van der Waals surface area contributed by atoms with Crippen LogP contribution in [0.4, 0.5) is 10.1 Å². The molecular formula is C23H26FN7O2. The molecule has 9 nitrogen and oxygen atoms in total. The van der Waals surface area contributed by atoms with E-state index in [0.29, 0.717) is 47.4 Å². The molecule has 1 amide bonds. The molecule has 4 rings (SSSR count). The molecule has 0 bridgehead atoms. The fraction of sp³-hybridized carbons (Fsp3) is 0.261. The van der Waals surface area contributed by atoms with Crippen molar-refractivity contribution < 1.29 is 13.9 Å². The van der Waals surface area contributed by atoms with Gasteiger partial charge in [0.05, 0.1) is 11.3 Å². The highest BCUT2D eigenvalue weighted by molar-refractivity contribution is 5.94. The minimum absolute atomic E-state index is 0.118. The molecule has 5 N–H and O–H groups in total. The zero-order chi connectivity index (χ0) is 23.4. The third-order valence-electron chi connectivity index (χ3n) is 5.38. The number of anilines is 1. The molecule has 172 valence electrons. The normalized spacial score (nSPS) is 15.1. The highest BCUT2D eigenvalue weighted by Crippen LogP contribution is 2.24. The summed E-state index contributed by atoms with van der Waals surface area (Å²) in [5.74, 6) is 6.32. The summed E-state index contributed by atoms with van der Waals surface area (Å²) in [5, 5.41) is 4.38. The maximum absolute atomic E-state index is 13.3. The van der Waals surface area contributed by atoms with Gasteiger partial charge in [-0.3, -0.25) is 14.4 Å². The van der Waals surface area contributed by atoms with Crippen molar-refractivity contribution in [1.82, 2.24) is 19.9 Å². The van der Waals surface area contributed by atoms with Crippen molar-refractivity contribution in [2.75, 3.05) is 18.2 Å². The number of nitrogens with one attached hydrogen (secondary N) is 1. The first-order valence-electron chi connectivity index (χ1n) is 10.6. The van der Waals surface area contributed by atoms with Gasteiger partial charge in [0, 0.05) is 37.3 Å². The Balaban J connectivity index is 1.50. The molecule has 1 aromatic carbocycles. The van der Waals surface area contributed by atoms with E-state index in [0.717, 1.165) is 12.8 Å². The van der Waals surface area contributed by atoms with Crippen molar-refractivity contribution >= 4 is 17.3 Å².